The van der Waals surface area contributed by atoms with Crippen LogP contribution in [0, 0.1) is 16.7 Å². The topological polar surface area (TPSA) is 103 Å². The fourth-order valence-corrected chi connectivity index (χ4v) is 2.98. The average Bonchev–Trinajstić information content (AvgIpc) is 2.88. The maximum atomic E-state index is 12.9. The Morgan fingerprint density at radius 2 is 1.82 bits per heavy atom. The van der Waals surface area contributed by atoms with E-state index in [9.17, 15) is 19.6 Å². The summed E-state index contributed by atoms with van der Waals surface area (Å²) in [6, 6.07) is 6.44. The Morgan fingerprint density at radius 3 is 2.32 bits per heavy atom. The second-order valence-electron chi connectivity index (χ2n) is 7.44. The molecule has 1 aliphatic heterocycles. The number of carbonyl (C=O) groups is 3. The first-order chi connectivity index (χ1) is 12.7. The number of nitriles is 1. The minimum atomic E-state index is -0.757. The fourth-order valence-electron chi connectivity index (χ4n) is 2.98. The van der Waals surface area contributed by atoms with Gasteiger partial charge in [-0.1, -0.05) is 40.7 Å². The van der Waals surface area contributed by atoms with Gasteiger partial charge in [-0.25, -0.2) is 0 Å². The van der Waals surface area contributed by atoms with E-state index < -0.39 is 11.2 Å². The molecule has 0 aliphatic carbocycles. The molecule has 0 saturated heterocycles. The summed E-state index contributed by atoms with van der Waals surface area (Å²) in [5.41, 5.74) is 2.42. The summed E-state index contributed by atoms with van der Waals surface area (Å²) in [4.78, 5) is 39.1. The number of rotatable bonds is 6. The molecule has 1 aromatic rings. The number of amides is 2. The molecule has 0 fully saturated rings. The van der Waals surface area contributed by atoms with E-state index in [2.05, 4.69) is 10.5 Å². The number of nitrogens with zero attached hydrogens (tertiary/aromatic N) is 3. The van der Waals surface area contributed by atoms with Crippen LogP contribution in [0.15, 0.2) is 23.3 Å². The normalized spacial score (nSPS) is 13.9. The molecule has 1 radical (unpaired) electrons. The van der Waals surface area contributed by atoms with Crippen LogP contribution in [0.4, 0.5) is 5.69 Å². The number of Topliss-reactive ketones (excluding diaryl/α,β-unsaturated/α-hetero) is 1. The van der Waals surface area contributed by atoms with Gasteiger partial charge in [0.05, 0.1) is 16.8 Å². The standard InChI is InChI=1S/C20H24N4O3.Cu/c1-6-12(7-2)24-18(26)13-9-8-10-14(16(13)19(24)27)22-23-15(11-21)17(25)20(3,4)5;/h8-10,12,22H,6-7H2,1-5H3;/q;+2. The van der Waals surface area contributed by atoms with Crippen LogP contribution in [0.3, 0.4) is 0 Å². The van der Waals surface area contributed by atoms with E-state index in [1.165, 1.54) is 4.90 Å². The van der Waals surface area contributed by atoms with Crippen molar-refractivity contribution < 1.29 is 31.5 Å². The van der Waals surface area contributed by atoms with Crippen LogP contribution >= 0.6 is 0 Å². The Bertz CT molecular complexity index is 861. The van der Waals surface area contributed by atoms with E-state index in [1.54, 1.807) is 45.0 Å². The van der Waals surface area contributed by atoms with Crippen molar-refractivity contribution in [2.75, 3.05) is 5.43 Å². The second-order valence-corrected chi connectivity index (χ2v) is 7.44. The summed E-state index contributed by atoms with van der Waals surface area (Å²) >= 11 is 0. The molecule has 1 aliphatic rings. The van der Waals surface area contributed by atoms with Gasteiger partial charge in [-0.2, -0.15) is 10.4 Å². The largest absolute Gasteiger partial charge is 2.00 e. The van der Waals surface area contributed by atoms with Gasteiger partial charge in [-0.05, 0) is 25.0 Å². The SMILES string of the molecule is CCC(CC)N1C(=O)c2cccc(NN=C(C#N)C(=O)C(C)(C)C)c2C1=O.[Cu+2]. The van der Waals surface area contributed by atoms with E-state index >= 15 is 0 Å². The molecule has 2 amide bonds. The van der Waals surface area contributed by atoms with Crippen LogP contribution in [0.1, 0.15) is 68.2 Å². The molecule has 7 nitrogen and oxygen atoms in total. The third-order valence-electron chi connectivity index (χ3n) is 4.54. The number of hydrogen-bond acceptors (Lipinski definition) is 6. The molecule has 0 aromatic heterocycles. The molecule has 8 heteroatoms. The van der Waals surface area contributed by atoms with Crippen molar-refractivity contribution in [1.82, 2.24) is 4.90 Å². The van der Waals surface area contributed by atoms with E-state index in [0.717, 1.165) is 0 Å². The summed E-state index contributed by atoms with van der Waals surface area (Å²) in [5, 5.41) is 13.1. The van der Waals surface area contributed by atoms with Crippen molar-refractivity contribution in [1.29, 1.82) is 5.26 Å². The number of benzene rings is 1. The summed E-state index contributed by atoms with van der Waals surface area (Å²) in [7, 11) is 0. The van der Waals surface area contributed by atoms with Crippen LogP contribution < -0.4 is 5.43 Å². The van der Waals surface area contributed by atoms with Crippen molar-refractivity contribution >= 4 is 29.0 Å². The molecular formula is C20H24CuN4O3+2. The minimum absolute atomic E-state index is 0. The number of carbonyl (C=O) groups excluding carboxylic acids is 3. The number of ketones is 1. The summed E-state index contributed by atoms with van der Waals surface area (Å²) in [5.74, 6) is -1.13. The molecule has 0 atom stereocenters. The summed E-state index contributed by atoms with van der Waals surface area (Å²) < 4.78 is 0. The van der Waals surface area contributed by atoms with Gasteiger partial charge in [-0.3, -0.25) is 24.7 Å². The zero-order valence-electron chi connectivity index (χ0n) is 16.6. The molecular weight excluding hydrogens is 408 g/mol. The van der Waals surface area contributed by atoms with Crippen LogP contribution in [-0.4, -0.2) is 34.3 Å². The van der Waals surface area contributed by atoms with Crippen molar-refractivity contribution in [2.45, 2.75) is 53.5 Å². The van der Waals surface area contributed by atoms with Gasteiger partial charge < -0.3 is 0 Å². The number of anilines is 1. The average molecular weight is 432 g/mol. The number of nitrogens with one attached hydrogen (secondary N) is 1. The summed E-state index contributed by atoms with van der Waals surface area (Å²) in [6.07, 6.45) is 1.34. The third-order valence-corrected chi connectivity index (χ3v) is 4.54. The van der Waals surface area contributed by atoms with Gasteiger partial charge in [0.25, 0.3) is 11.8 Å². The first-order valence-electron chi connectivity index (χ1n) is 8.96. The zero-order valence-corrected chi connectivity index (χ0v) is 17.5. The molecule has 0 saturated carbocycles. The van der Waals surface area contributed by atoms with Crippen molar-refractivity contribution in [3.05, 3.63) is 29.3 Å². The van der Waals surface area contributed by atoms with Gasteiger partial charge in [0.2, 0.25) is 5.71 Å². The molecule has 0 spiro atoms. The molecule has 1 aromatic carbocycles. The maximum Gasteiger partial charge on any atom is 2.00 e. The van der Waals surface area contributed by atoms with Crippen LogP contribution in [-0.2, 0) is 21.9 Å². The molecule has 1 N–H and O–H groups in total. The van der Waals surface area contributed by atoms with Gasteiger partial charge in [0.1, 0.15) is 6.07 Å². The number of imide groups is 1. The minimum Gasteiger partial charge on any atom is -0.291 e. The molecule has 0 unspecified atom stereocenters. The Kier molecular flexibility index (Phi) is 7.68. The quantitative estimate of drug-likeness (QED) is 0.322. The zero-order chi connectivity index (χ0) is 20.4. The van der Waals surface area contributed by atoms with Gasteiger partial charge in [0.15, 0.2) is 5.78 Å². The van der Waals surface area contributed by atoms with Crippen molar-refractivity contribution in [2.24, 2.45) is 10.5 Å². The first-order valence-corrected chi connectivity index (χ1v) is 8.96. The van der Waals surface area contributed by atoms with Crippen molar-refractivity contribution in [3.8, 4) is 6.07 Å². The van der Waals surface area contributed by atoms with Crippen LogP contribution in [0.5, 0.6) is 0 Å². The molecule has 2 rings (SSSR count). The molecule has 0 bridgehead atoms. The predicted molar refractivity (Wildman–Crippen MR) is 102 cm³/mol. The molecule has 151 valence electrons. The first kappa shape index (κ1) is 23.5. The number of fused-ring (bicyclic) bond motifs is 1. The smallest absolute Gasteiger partial charge is 0.291 e. The van der Waals surface area contributed by atoms with Gasteiger partial charge in [-0.15, -0.1) is 0 Å². The van der Waals surface area contributed by atoms with E-state index in [4.69, 9.17) is 0 Å². The van der Waals surface area contributed by atoms with Gasteiger partial charge in [0, 0.05) is 11.5 Å². The van der Waals surface area contributed by atoms with E-state index in [1.807, 2.05) is 13.8 Å². The maximum absolute atomic E-state index is 12.9. The molecule has 1 heterocycles. The monoisotopic (exact) mass is 431 g/mol. The fraction of sp³-hybridized carbons (Fsp3) is 0.450. The number of hydrogen-bond donors (Lipinski definition) is 1. The number of hydrazone groups is 1. The predicted octanol–water partition coefficient (Wildman–Crippen LogP) is 3.38. The van der Waals surface area contributed by atoms with E-state index in [-0.39, 0.29) is 46.2 Å². The van der Waals surface area contributed by atoms with Gasteiger partial charge >= 0.3 is 17.1 Å². The second kappa shape index (κ2) is 9.13. The van der Waals surface area contributed by atoms with Crippen LogP contribution in [0.2, 0.25) is 0 Å². The Labute approximate surface area is 175 Å². The Morgan fingerprint density at radius 1 is 1.21 bits per heavy atom. The summed E-state index contributed by atoms with van der Waals surface area (Å²) in [6.45, 7) is 8.94. The third kappa shape index (κ3) is 4.32. The van der Waals surface area contributed by atoms with Crippen LogP contribution in [0.25, 0.3) is 0 Å². The van der Waals surface area contributed by atoms with E-state index in [0.29, 0.717) is 24.1 Å². The van der Waals surface area contributed by atoms with Crippen molar-refractivity contribution in [3.63, 3.8) is 0 Å². The molecule has 28 heavy (non-hydrogen) atoms. The Hall–Kier alpha value is -2.49. The Balaban J connectivity index is 0.00000392.